The third-order valence-electron chi connectivity index (χ3n) is 11.3. The number of para-hydroxylation sites is 1. The van der Waals surface area contributed by atoms with Crippen LogP contribution in [0.1, 0.15) is 0 Å². The van der Waals surface area contributed by atoms with E-state index in [1.807, 2.05) is 40.9 Å². The van der Waals surface area contributed by atoms with Gasteiger partial charge < -0.3 is 0 Å². The normalized spacial score (nSPS) is 11.8. The number of hydrogen-bond donors (Lipinski definition) is 0. The molecule has 8 aromatic carbocycles. The fourth-order valence-corrected chi connectivity index (χ4v) is 10.9. The van der Waals surface area contributed by atoms with Gasteiger partial charge in [-0.25, -0.2) is 15.0 Å². The largest absolute Gasteiger partial charge is 0.247 e. The van der Waals surface area contributed by atoms with Gasteiger partial charge in [-0.05, 0) is 41.5 Å². The lowest BCUT2D eigenvalue weighted by Gasteiger charge is -2.12. The molecule has 0 saturated heterocycles. The summed E-state index contributed by atoms with van der Waals surface area (Å²) in [5, 5.41) is 8.76. The van der Waals surface area contributed by atoms with Gasteiger partial charge in [-0.3, -0.25) is 0 Å². The highest BCUT2D eigenvalue weighted by Crippen LogP contribution is 2.46. The Hall–Kier alpha value is -7.05. The molecule has 0 atom stereocenters. The Bertz CT molecular complexity index is 3550. The van der Waals surface area contributed by atoms with Gasteiger partial charge in [0, 0.05) is 78.8 Å². The summed E-state index contributed by atoms with van der Waals surface area (Å²) in [4.78, 5) is 15.5. The SMILES string of the molecule is c1ccc(-c2nc(-c3ccc(-c4cccc5c4sc4ccc6c(-c7ccccc7)nc7ccccc7c6c45)cc3)cc(-c3ccc4c(c3)sc3ccccc34)n2)cc1. The minimum atomic E-state index is 0.717. The minimum absolute atomic E-state index is 0.717. The molecule has 58 heavy (non-hydrogen) atoms. The van der Waals surface area contributed by atoms with Gasteiger partial charge in [0.05, 0.1) is 22.6 Å². The Kier molecular flexibility index (Phi) is 7.58. The van der Waals surface area contributed by atoms with Crippen LogP contribution in [0.2, 0.25) is 0 Å². The zero-order valence-electron chi connectivity index (χ0n) is 31.1. The minimum Gasteiger partial charge on any atom is -0.247 e. The summed E-state index contributed by atoms with van der Waals surface area (Å²) >= 11 is 3.70. The summed E-state index contributed by atoms with van der Waals surface area (Å²) in [5.41, 5.74) is 10.5. The molecule has 0 unspecified atom stereocenters. The standard InChI is InChI=1S/C53H31N3S2/c1-3-12-34(13-4-1)51-41-28-29-47-50(49(41)40-17-7-9-20-43(40)54-51)42-19-11-18-37(52(42)58-47)32-22-24-33(25-23-32)44-31-45(56-53(55-44)35-14-5-2-6-15-35)36-26-27-39-38-16-8-10-21-46(38)57-48(39)30-36/h1-31H. The summed E-state index contributed by atoms with van der Waals surface area (Å²) < 4.78 is 5.12. The van der Waals surface area contributed by atoms with Crippen LogP contribution in [0, 0.1) is 0 Å². The maximum Gasteiger partial charge on any atom is 0.160 e. The predicted molar refractivity (Wildman–Crippen MR) is 248 cm³/mol. The average molecular weight is 774 g/mol. The van der Waals surface area contributed by atoms with Crippen LogP contribution in [0.5, 0.6) is 0 Å². The van der Waals surface area contributed by atoms with Gasteiger partial charge in [0.15, 0.2) is 5.82 Å². The van der Waals surface area contributed by atoms with Crippen LogP contribution in [0.3, 0.4) is 0 Å². The van der Waals surface area contributed by atoms with E-state index in [-0.39, 0.29) is 0 Å². The molecule has 0 spiro atoms. The number of fused-ring (bicyclic) bond motifs is 10. The average Bonchev–Trinajstić information content (AvgIpc) is 3.87. The van der Waals surface area contributed by atoms with E-state index < -0.39 is 0 Å². The van der Waals surface area contributed by atoms with E-state index in [0.29, 0.717) is 5.82 Å². The summed E-state index contributed by atoms with van der Waals surface area (Å²) in [7, 11) is 0. The van der Waals surface area contributed by atoms with E-state index in [2.05, 4.69) is 170 Å². The molecule has 4 aromatic heterocycles. The van der Waals surface area contributed by atoms with E-state index >= 15 is 0 Å². The van der Waals surface area contributed by atoms with Crippen LogP contribution in [0.25, 0.3) is 118 Å². The summed E-state index contributed by atoms with van der Waals surface area (Å²) in [6.07, 6.45) is 0. The van der Waals surface area contributed by atoms with Crippen LogP contribution in [-0.2, 0) is 0 Å². The molecular formula is C53H31N3S2. The zero-order chi connectivity index (χ0) is 38.2. The number of benzene rings is 8. The van der Waals surface area contributed by atoms with E-state index in [4.69, 9.17) is 15.0 Å². The Morgan fingerprint density at radius 2 is 0.966 bits per heavy atom. The molecule has 0 N–H and O–H groups in total. The van der Waals surface area contributed by atoms with Crippen molar-refractivity contribution in [2.45, 2.75) is 0 Å². The molecule has 0 aliphatic rings. The highest BCUT2D eigenvalue weighted by molar-refractivity contribution is 7.26. The molecule has 0 aliphatic heterocycles. The molecule has 0 aliphatic carbocycles. The first-order valence-corrected chi connectivity index (χ1v) is 21.1. The van der Waals surface area contributed by atoms with Crippen molar-refractivity contribution >= 4 is 84.7 Å². The molecule has 0 amide bonds. The van der Waals surface area contributed by atoms with Gasteiger partial charge in [0.2, 0.25) is 0 Å². The van der Waals surface area contributed by atoms with Gasteiger partial charge in [0.1, 0.15) is 0 Å². The van der Waals surface area contributed by atoms with Crippen molar-refractivity contribution in [3.8, 4) is 56.3 Å². The second kappa shape index (κ2) is 13.3. The van der Waals surface area contributed by atoms with Gasteiger partial charge in [-0.15, -0.1) is 22.7 Å². The third-order valence-corrected chi connectivity index (χ3v) is 13.6. The number of aromatic nitrogens is 3. The van der Waals surface area contributed by atoms with Gasteiger partial charge in [-0.2, -0.15) is 0 Å². The van der Waals surface area contributed by atoms with Crippen molar-refractivity contribution in [2.24, 2.45) is 0 Å². The summed E-state index contributed by atoms with van der Waals surface area (Å²) in [6, 6.07) is 67.1. The van der Waals surface area contributed by atoms with Gasteiger partial charge in [0.25, 0.3) is 0 Å². The Morgan fingerprint density at radius 1 is 0.328 bits per heavy atom. The van der Waals surface area contributed by atoms with Gasteiger partial charge in [-0.1, -0.05) is 158 Å². The Morgan fingerprint density at radius 3 is 1.79 bits per heavy atom. The fourth-order valence-electron chi connectivity index (χ4n) is 8.54. The molecule has 12 aromatic rings. The van der Waals surface area contributed by atoms with Crippen LogP contribution in [0.15, 0.2) is 188 Å². The lowest BCUT2D eigenvalue weighted by molar-refractivity contribution is 1.18. The fraction of sp³-hybridized carbons (Fsp3) is 0. The van der Waals surface area contributed by atoms with Crippen LogP contribution in [-0.4, -0.2) is 15.0 Å². The smallest absolute Gasteiger partial charge is 0.160 e. The monoisotopic (exact) mass is 773 g/mol. The maximum atomic E-state index is 5.20. The Labute approximate surface area is 342 Å². The van der Waals surface area contributed by atoms with Crippen molar-refractivity contribution in [3.63, 3.8) is 0 Å². The predicted octanol–water partition coefficient (Wildman–Crippen LogP) is 15.2. The first kappa shape index (κ1) is 33.1. The molecule has 12 rings (SSSR count). The number of pyridine rings is 1. The number of thiophene rings is 2. The number of rotatable bonds is 5. The van der Waals surface area contributed by atoms with E-state index in [9.17, 15) is 0 Å². The summed E-state index contributed by atoms with van der Waals surface area (Å²) in [5.74, 6) is 0.717. The maximum absolute atomic E-state index is 5.20. The number of nitrogens with zero attached hydrogens (tertiary/aromatic N) is 3. The van der Waals surface area contributed by atoms with E-state index in [0.717, 1.165) is 44.9 Å². The summed E-state index contributed by atoms with van der Waals surface area (Å²) in [6.45, 7) is 0. The van der Waals surface area contributed by atoms with Gasteiger partial charge >= 0.3 is 0 Å². The molecule has 3 nitrogen and oxygen atoms in total. The van der Waals surface area contributed by atoms with Crippen LogP contribution >= 0.6 is 22.7 Å². The lowest BCUT2D eigenvalue weighted by Crippen LogP contribution is -1.95. The molecule has 5 heteroatoms. The molecular weight excluding hydrogens is 743 g/mol. The second-order valence-corrected chi connectivity index (χ2v) is 16.8. The quantitative estimate of drug-likeness (QED) is 0.164. The van der Waals surface area contributed by atoms with Crippen molar-refractivity contribution in [1.82, 2.24) is 15.0 Å². The van der Waals surface area contributed by atoms with Crippen molar-refractivity contribution in [3.05, 3.63) is 188 Å². The number of hydrogen-bond acceptors (Lipinski definition) is 5. The molecule has 4 heterocycles. The Balaban J connectivity index is 0.988. The first-order chi connectivity index (χ1) is 28.7. The lowest BCUT2D eigenvalue weighted by atomic mass is 9.95. The second-order valence-electron chi connectivity index (χ2n) is 14.7. The topological polar surface area (TPSA) is 38.7 Å². The van der Waals surface area contributed by atoms with Crippen molar-refractivity contribution < 1.29 is 0 Å². The molecule has 0 radical (unpaired) electrons. The van der Waals surface area contributed by atoms with Crippen molar-refractivity contribution in [2.75, 3.05) is 0 Å². The zero-order valence-corrected chi connectivity index (χ0v) is 32.7. The highest BCUT2D eigenvalue weighted by atomic mass is 32.1. The van der Waals surface area contributed by atoms with Crippen molar-refractivity contribution in [1.29, 1.82) is 0 Å². The van der Waals surface area contributed by atoms with E-state index in [1.54, 1.807) is 0 Å². The third kappa shape index (κ3) is 5.36. The van der Waals surface area contributed by atoms with Crippen LogP contribution in [0.4, 0.5) is 0 Å². The molecule has 0 bridgehead atoms. The first-order valence-electron chi connectivity index (χ1n) is 19.4. The molecule has 270 valence electrons. The molecule has 0 fully saturated rings. The molecule has 0 saturated carbocycles. The van der Waals surface area contributed by atoms with E-state index in [1.165, 1.54) is 67.6 Å². The van der Waals surface area contributed by atoms with Crippen LogP contribution < -0.4 is 0 Å². The highest BCUT2D eigenvalue weighted by Gasteiger charge is 2.19.